The topological polar surface area (TPSA) is 38.3 Å². The number of halogens is 4. The summed E-state index contributed by atoms with van der Waals surface area (Å²) in [6.07, 6.45) is -5.07. The first-order chi connectivity index (χ1) is 8.82. The molecule has 0 aliphatic carbocycles. The van der Waals surface area contributed by atoms with Crippen molar-refractivity contribution >= 4 is 27.7 Å². The van der Waals surface area contributed by atoms with Crippen molar-refractivity contribution in [3.8, 4) is 0 Å². The fraction of sp³-hybridized carbons (Fsp3) is 0.417. The Morgan fingerprint density at radius 2 is 1.95 bits per heavy atom. The Morgan fingerprint density at radius 1 is 1.37 bits per heavy atom. The molecule has 0 saturated heterocycles. The van der Waals surface area contributed by atoms with Gasteiger partial charge in [0.25, 0.3) is 0 Å². The van der Waals surface area contributed by atoms with Crippen LogP contribution < -0.4 is 5.32 Å². The number of benzene rings is 1. The van der Waals surface area contributed by atoms with Gasteiger partial charge in [-0.05, 0) is 24.3 Å². The maximum absolute atomic E-state index is 12.3. The maximum atomic E-state index is 12.3. The molecular weight excluding hydrogens is 327 g/mol. The van der Waals surface area contributed by atoms with Gasteiger partial charge in [0.15, 0.2) is 0 Å². The largest absolute Gasteiger partial charge is 0.449 e. The molecule has 1 aromatic carbocycles. The molecule has 1 unspecified atom stereocenters. The van der Waals surface area contributed by atoms with Crippen molar-refractivity contribution in [1.82, 2.24) is 0 Å². The van der Waals surface area contributed by atoms with Gasteiger partial charge >= 0.3 is 12.3 Å². The number of carbonyl (C=O) groups is 1. The van der Waals surface area contributed by atoms with E-state index in [1.54, 1.807) is 0 Å². The van der Waals surface area contributed by atoms with Crippen molar-refractivity contribution in [2.75, 3.05) is 17.3 Å². The average Bonchev–Trinajstić information content (AvgIpc) is 2.35. The lowest BCUT2D eigenvalue weighted by Crippen LogP contribution is -2.18. The van der Waals surface area contributed by atoms with Crippen LogP contribution in [-0.2, 0) is 10.9 Å². The zero-order valence-corrected chi connectivity index (χ0v) is 11.7. The van der Waals surface area contributed by atoms with Gasteiger partial charge in [-0.3, -0.25) is 5.32 Å². The van der Waals surface area contributed by atoms with Crippen molar-refractivity contribution < 1.29 is 22.7 Å². The van der Waals surface area contributed by atoms with Crippen LogP contribution in [0.3, 0.4) is 0 Å². The minimum Gasteiger partial charge on any atom is -0.449 e. The molecule has 0 aliphatic rings. The van der Waals surface area contributed by atoms with E-state index >= 15 is 0 Å². The van der Waals surface area contributed by atoms with Crippen LogP contribution in [0.25, 0.3) is 0 Å². The number of nitrogens with one attached hydrogen (secondary N) is 1. The van der Waals surface area contributed by atoms with Gasteiger partial charge in [0.05, 0.1) is 12.2 Å². The van der Waals surface area contributed by atoms with Crippen molar-refractivity contribution in [3.05, 3.63) is 29.8 Å². The SMILES string of the molecule is CC(CBr)COC(=O)Nc1ccc(C(F)(F)F)cc1. The van der Waals surface area contributed by atoms with E-state index in [9.17, 15) is 18.0 Å². The van der Waals surface area contributed by atoms with E-state index in [0.717, 1.165) is 12.1 Å². The smallest absolute Gasteiger partial charge is 0.416 e. The standard InChI is InChI=1S/C12H13BrF3NO2/c1-8(6-13)7-19-11(18)17-10-4-2-9(3-5-10)12(14,15)16/h2-5,8H,6-7H2,1H3,(H,17,18). The van der Waals surface area contributed by atoms with E-state index in [2.05, 4.69) is 21.2 Å². The minimum atomic E-state index is -4.38. The maximum Gasteiger partial charge on any atom is 0.416 e. The molecular formula is C12H13BrF3NO2. The lowest BCUT2D eigenvalue weighted by Gasteiger charge is -2.11. The van der Waals surface area contributed by atoms with Crippen molar-refractivity contribution in [3.63, 3.8) is 0 Å². The van der Waals surface area contributed by atoms with Crippen molar-refractivity contribution in [1.29, 1.82) is 0 Å². The van der Waals surface area contributed by atoms with Gasteiger partial charge < -0.3 is 4.74 Å². The van der Waals surface area contributed by atoms with Crippen LogP contribution in [0.4, 0.5) is 23.7 Å². The first-order valence-corrected chi connectivity index (χ1v) is 6.62. The molecule has 0 spiro atoms. The summed E-state index contributed by atoms with van der Waals surface area (Å²) < 4.78 is 41.8. The molecule has 1 amide bonds. The molecule has 0 aliphatic heterocycles. The Balaban J connectivity index is 2.51. The number of anilines is 1. The quantitative estimate of drug-likeness (QED) is 0.831. The third-order valence-electron chi connectivity index (χ3n) is 2.22. The first kappa shape index (κ1) is 15.8. The fourth-order valence-corrected chi connectivity index (χ4v) is 1.35. The molecule has 1 atom stereocenters. The summed E-state index contributed by atoms with van der Waals surface area (Å²) in [4.78, 5) is 11.3. The second-order valence-corrected chi connectivity index (χ2v) is 4.71. The summed E-state index contributed by atoms with van der Waals surface area (Å²) in [5, 5.41) is 3.05. The van der Waals surface area contributed by atoms with Crippen LogP contribution in [0.2, 0.25) is 0 Å². The van der Waals surface area contributed by atoms with Gasteiger partial charge in [-0.25, -0.2) is 4.79 Å². The Morgan fingerprint density at radius 3 is 2.42 bits per heavy atom. The lowest BCUT2D eigenvalue weighted by atomic mass is 10.2. The van der Waals surface area contributed by atoms with Crippen LogP contribution >= 0.6 is 15.9 Å². The van der Waals surface area contributed by atoms with Crippen LogP contribution in [0, 0.1) is 5.92 Å². The van der Waals surface area contributed by atoms with Gasteiger partial charge in [-0.15, -0.1) is 0 Å². The number of alkyl halides is 4. The number of amides is 1. The van der Waals surface area contributed by atoms with Gasteiger partial charge in [0, 0.05) is 16.9 Å². The molecule has 19 heavy (non-hydrogen) atoms. The molecule has 1 N–H and O–H groups in total. The summed E-state index contributed by atoms with van der Waals surface area (Å²) in [7, 11) is 0. The number of carbonyl (C=O) groups excluding carboxylic acids is 1. The second kappa shape index (κ2) is 6.79. The highest BCUT2D eigenvalue weighted by atomic mass is 79.9. The predicted molar refractivity (Wildman–Crippen MR) is 69.4 cm³/mol. The average molecular weight is 340 g/mol. The highest BCUT2D eigenvalue weighted by molar-refractivity contribution is 9.09. The number of ether oxygens (including phenoxy) is 1. The van der Waals surface area contributed by atoms with Gasteiger partial charge in [0.1, 0.15) is 0 Å². The Labute approximate surface area is 117 Å². The van der Waals surface area contributed by atoms with E-state index in [1.165, 1.54) is 12.1 Å². The van der Waals surface area contributed by atoms with Gasteiger partial charge in [-0.2, -0.15) is 13.2 Å². The molecule has 0 fully saturated rings. The third kappa shape index (κ3) is 5.50. The normalized spacial score (nSPS) is 12.9. The summed E-state index contributed by atoms with van der Waals surface area (Å²) in [5.41, 5.74) is -0.510. The molecule has 1 aromatic rings. The van der Waals surface area contributed by atoms with Crippen LogP contribution in [0.15, 0.2) is 24.3 Å². The van der Waals surface area contributed by atoms with E-state index in [1.807, 2.05) is 6.92 Å². The van der Waals surface area contributed by atoms with Crippen LogP contribution in [-0.4, -0.2) is 18.0 Å². The van der Waals surface area contributed by atoms with Crippen molar-refractivity contribution in [2.45, 2.75) is 13.1 Å². The molecule has 7 heteroatoms. The summed E-state index contributed by atoms with van der Waals surface area (Å²) >= 11 is 3.24. The molecule has 0 bridgehead atoms. The molecule has 3 nitrogen and oxygen atoms in total. The molecule has 1 rings (SSSR count). The molecule has 0 heterocycles. The van der Waals surface area contributed by atoms with Crippen molar-refractivity contribution in [2.24, 2.45) is 5.92 Å². The zero-order chi connectivity index (χ0) is 14.5. The highest BCUT2D eigenvalue weighted by Crippen LogP contribution is 2.29. The lowest BCUT2D eigenvalue weighted by molar-refractivity contribution is -0.137. The fourth-order valence-electron chi connectivity index (χ4n) is 1.16. The predicted octanol–water partition coefficient (Wildman–Crippen LogP) is 4.28. The zero-order valence-electron chi connectivity index (χ0n) is 10.1. The summed E-state index contributed by atoms with van der Waals surface area (Å²) in [6, 6.07) is 4.16. The third-order valence-corrected chi connectivity index (χ3v) is 3.33. The van der Waals surface area contributed by atoms with E-state index < -0.39 is 17.8 Å². The Hall–Kier alpha value is -1.24. The van der Waals surface area contributed by atoms with E-state index in [4.69, 9.17) is 4.74 Å². The molecule has 0 saturated carbocycles. The van der Waals surface area contributed by atoms with E-state index in [0.29, 0.717) is 5.33 Å². The molecule has 106 valence electrons. The Kier molecular flexibility index (Phi) is 5.65. The second-order valence-electron chi connectivity index (χ2n) is 4.06. The monoisotopic (exact) mass is 339 g/mol. The number of hydrogen-bond donors (Lipinski definition) is 1. The van der Waals surface area contributed by atoms with Crippen LogP contribution in [0.1, 0.15) is 12.5 Å². The van der Waals surface area contributed by atoms with Crippen LogP contribution in [0.5, 0.6) is 0 Å². The molecule has 0 radical (unpaired) electrons. The molecule has 0 aromatic heterocycles. The number of hydrogen-bond acceptors (Lipinski definition) is 2. The Bertz CT molecular complexity index is 420. The summed E-state index contributed by atoms with van der Waals surface area (Å²) in [5.74, 6) is 0.165. The van der Waals surface area contributed by atoms with Gasteiger partial charge in [-0.1, -0.05) is 22.9 Å². The first-order valence-electron chi connectivity index (χ1n) is 5.50. The minimum absolute atomic E-state index is 0.165. The van der Waals surface area contributed by atoms with E-state index in [-0.39, 0.29) is 18.2 Å². The summed E-state index contributed by atoms with van der Waals surface area (Å²) in [6.45, 7) is 2.12. The number of rotatable bonds is 4. The highest BCUT2D eigenvalue weighted by Gasteiger charge is 2.29. The van der Waals surface area contributed by atoms with Gasteiger partial charge in [0.2, 0.25) is 0 Å².